The fourth-order valence-electron chi connectivity index (χ4n) is 2.76. The molecule has 0 saturated carbocycles. The molecule has 0 radical (unpaired) electrons. The maximum Gasteiger partial charge on any atom is 0.342 e. The fourth-order valence-corrected chi connectivity index (χ4v) is 4.65. The molecule has 0 amide bonds. The molecule has 0 aromatic heterocycles. The Morgan fingerprint density at radius 1 is 1.33 bits per heavy atom. The van der Waals surface area contributed by atoms with Gasteiger partial charge in [-0.2, -0.15) is 4.31 Å². The monoisotopic (exact) mass is 359 g/mol. The highest BCUT2D eigenvalue weighted by Gasteiger charge is 2.39. The van der Waals surface area contributed by atoms with Crippen LogP contribution in [0.5, 0.6) is 0 Å². The Hall–Kier alpha value is -2.00. The molecule has 9 heteroatoms. The summed E-state index contributed by atoms with van der Waals surface area (Å²) >= 11 is 0. The molecule has 1 aliphatic heterocycles. The van der Waals surface area contributed by atoms with Crippen LogP contribution in [0.1, 0.15) is 30.1 Å². The van der Waals surface area contributed by atoms with Crippen molar-refractivity contribution in [3.05, 3.63) is 29.6 Å². The van der Waals surface area contributed by atoms with E-state index in [0.717, 1.165) is 23.5 Å². The van der Waals surface area contributed by atoms with Crippen LogP contribution in [0, 0.1) is 11.7 Å². The molecule has 2 atom stereocenters. The van der Waals surface area contributed by atoms with Crippen molar-refractivity contribution in [2.75, 3.05) is 13.7 Å². The molecule has 24 heavy (non-hydrogen) atoms. The predicted molar refractivity (Wildman–Crippen MR) is 81.5 cm³/mol. The van der Waals surface area contributed by atoms with Crippen LogP contribution in [0.3, 0.4) is 0 Å². The second kappa shape index (κ2) is 6.86. The summed E-state index contributed by atoms with van der Waals surface area (Å²) in [5.41, 5.74) is -0.676. The predicted octanol–water partition coefficient (Wildman–Crippen LogP) is 1.49. The van der Waals surface area contributed by atoms with Crippen molar-refractivity contribution < 1.29 is 32.2 Å². The molecule has 132 valence electrons. The first-order chi connectivity index (χ1) is 11.2. The zero-order chi connectivity index (χ0) is 18.1. The molecule has 1 saturated heterocycles. The number of halogens is 1. The minimum Gasteiger partial charge on any atom is -0.481 e. The molecule has 7 nitrogen and oxygen atoms in total. The van der Waals surface area contributed by atoms with E-state index in [2.05, 4.69) is 4.74 Å². The summed E-state index contributed by atoms with van der Waals surface area (Å²) in [4.78, 5) is 22.5. The van der Waals surface area contributed by atoms with Crippen molar-refractivity contribution in [3.8, 4) is 0 Å². The van der Waals surface area contributed by atoms with Gasteiger partial charge in [-0.3, -0.25) is 4.79 Å². The van der Waals surface area contributed by atoms with Crippen LogP contribution in [-0.4, -0.2) is 49.5 Å². The third-order valence-electron chi connectivity index (χ3n) is 4.13. The Morgan fingerprint density at radius 3 is 2.58 bits per heavy atom. The molecule has 1 aliphatic rings. The van der Waals surface area contributed by atoms with Gasteiger partial charge in [-0.05, 0) is 31.9 Å². The number of hydrogen-bond donors (Lipinski definition) is 1. The number of ether oxygens (including phenoxy) is 1. The summed E-state index contributed by atoms with van der Waals surface area (Å²) in [6.07, 6.45) is 0.717. The number of carbonyl (C=O) groups excluding carboxylic acids is 1. The second-order valence-corrected chi connectivity index (χ2v) is 7.50. The zero-order valence-electron chi connectivity index (χ0n) is 13.2. The fraction of sp³-hybridized carbons (Fsp3) is 0.467. The van der Waals surface area contributed by atoms with E-state index in [1.165, 1.54) is 6.07 Å². The third-order valence-corrected chi connectivity index (χ3v) is 6.15. The van der Waals surface area contributed by atoms with E-state index in [1.54, 1.807) is 6.92 Å². The van der Waals surface area contributed by atoms with Gasteiger partial charge in [-0.25, -0.2) is 17.6 Å². The number of nitrogens with zero attached hydrogens (tertiary/aromatic N) is 1. The zero-order valence-corrected chi connectivity index (χ0v) is 14.0. The molecule has 2 rings (SSSR count). The SMILES string of the molecule is COC(=O)c1c(F)cccc1S(=O)(=O)N1CC(C(=O)O)CCC1C. The Kier molecular flexibility index (Phi) is 5.24. The maximum absolute atomic E-state index is 14.0. The lowest BCUT2D eigenvalue weighted by Gasteiger charge is -2.35. The molecule has 1 aromatic carbocycles. The number of carboxylic acid groups (broad SMARTS) is 1. The van der Waals surface area contributed by atoms with Crippen molar-refractivity contribution in [1.29, 1.82) is 0 Å². The summed E-state index contributed by atoms with van der Waals surface area (Å²) in [6, 6.07) is 2.80. The topological polar surface area (TPSA) is 101 Å². The number of carbonyl (C=O) groups is 2. The first-order valence-electron chi connectivity index (χ1n) is 7.31. The van der Waals surface area contributed by atoms with Crippen molar-refractivity contribution in [2.24, 2.45) is 5.92 Å². The van der Waals surface area contributed by atoms with Gasteiger partial charge in [0.25, 0.3) is 0 Å². The van der Waals surface area contributed by atoms with Crippen molar-refractivity contribution in [2.45, 2.75) is 30.7 Å². The quantitative estimate of drug-likeness (QED) is 0.818. The van der Waals surface area contributed by atoms with Crippen LogP contribution in [-0.2, 0) is 19.6 Å². The normalized spacial score (nSPS) is 22.1. The van der Waals surface area contributed by atoms with E-state index in [4.69, 9.17) is 5.11 Å². The molecule has 0 spiro atoms. The number of hydrogen-bond acceptors (Lipinski definition) is 5. The van der Waals surface area contributed by atoms with Crippen LogP contribution in [0.4, 0.5) is 4.39 Å². The lowest BCUT2D eigenvalue weighted by atomic mass is 9.96. The molecule has 2 unspecified atom stereocenters. The average Bonchev–Trinajstić information content (AvgIpc) is 2.53. The number of esters is 1. The van der Waals surface area contributed by atoms with Crippen LogP contribution < -0.4 is 0 Å². The van der Waals surface area contributed by atoms with Crippen molar-refractivity contribution in [3.63, 3.8) is 0 Å². The summed E-state index contributed by atoms with van der Waals surface area (Å²) in [5, 5.41) is 9.15. The van der Waals surface area contributed by atoms with Gasteiger partial charge in [0.05, 0.1) is 17.9 Å². The summed E-state index contributed by atoms with van der Waals surface area (Å²) in [6.45, 7) is 1.42. The first-order valence-corrected chi connectivity index (χ1v) is 8.75. The summed E-state index contributed by atoms with van der Waals surface area (Å²) in [5.74, 6) is -4.05. The molecule has 1 N–H and O–H groups in total. The minimum absolute atomic E-state index is 0.226. The number of sulfonamides is 1. The number of rotatable bonds is 4. The molecular formula is C15H18FNO6S. The number of carboxylic acids is 1. The highest BCUT2D eigenvalue weighted by atomic mass is 32.2. The standard InChI is InChI=1S/C15H18FNO6S/c1-9-6-7-10(14(18)19)8-17(9)24(21,22)12-5-3-4-11(16)13(12)15(20)23-2/h3-5,9-10H,6-8H2,1-2H3,(H,18,19). The number of piperidine rings is 1. The number of benzene rings is 1. The van der Waals surface area contributed by atoms with Gasteiger partial charge in [0.15, 0.2) is 0 Å². The van der Waals surface area contributed by atoms with Crippen molar-refractivity contribution >= 4 is 22.0 Å². The van der Waals surface area contributed by atoms with Crippen LogP contribution in [0.15, 0.2) is 23.1 Å². The largest absolute Gasteiger partial charge is 0.481 e. The molecule has 1 aromatic rings. The maximum atomic E-state index is 14.0. The van der Waals surface area contributed by atoms with Crippen LogP contribution in [0.25, 0.3) is 0 Å². The van der Waals surface area contributed by atoms with Gasteiger partial charge in [-0.15, -0.1) is 0 Å². The van der Waals surface area contributed by atoms with Gasteiger partial charge < -0.3 is 9.84 Å². The highest BCUT2D eigenvalue weighted by Crippen LogP contribution is 2.30. The summed E-state index contributed by atoms with van der Waals surface area (Å²) in [7, 11) is -3.23. The summed E-state index contributed by atoms with van der Waals surface area (Å²) < 4.78 is 45.3. The Bertz CT molecular complexity index is 763. The number of methoxy groups -OCH3 is 1. The van der Waals surface area contributed by atoms with Crippen LogP contribution in [0.2, 0.25) is 0 Å². The van der Waals surface area contributed by atoms with E-state index >= 15 is 0 Å². The second-order valence-electron chi connectivity index (χ2n) is 5.64. The van der Waals surface area contributed by atoms with E-state index < -0.39 is 50.2 Å². The lowest BCUT2D eigenvalue weighted by molar-refractivity contribution is -0.143. The van der Waals surface area contributed by atoms with E-state index in [1.807, 2.05) is 0 Å². The minimum atomic E-state index is -4.26. The molecular weight excluding hydrogens is 341 g/mol. The third kappa shape index (κ3) is 3.27. The Morgan fingerprint density at radius 2 is 2.00 bits per heavy atom. The first kappa shape index (κ1) is 18.3. The highest BCUT2D eigenvalue weighted by molar-refractivity contribution is 7.89. The van der Waals surface area contributed by atoms with Gasteiger partial charge in [0.1, 0.15) is 11.4 Å². The molecule has 0 bridgehead atoms. The van der Waals surface area contributed by atoms with Gasteiger partial charge >= 0.3 is 11.9 Å². The lowest BCUT2D eigenvalue weighted by Crippen LogP contribution is -2.47. The van der Waals surface area contributed by atoms with Gasteiger partial charge in [0.2, 0.25) is 10.0 Å². The molecule has 1 fully saturated rings. The van der Waals surface area contributed by atoms with Crippen LogP contribution >= 0.6 is 0 Å². The Labute approximate surface area is 139 Å². The van der Waals surface area contributed by atoms with Crippen molar-refractivity contribution in [1.82, 2.24) is 4.31 Å². The average molecular weight is 359 g/mol. The van der Waals surface area contributed by atoms with E-state index in [9.17, 15) is 22.4 Å². The smallest absolute Gasteiger partial charge is 0.342 e. The molecule has 0 aliphatic carbocycles. The van der Waals surface area contributed by atoms with E-state index in [0.29, 0.717) is 12.8 Å². The van der Waals surface area contributed by atoms with Gasteiger partial charge in [-0.1, -0.05) is 6.07 Å². The van der Waals surface area contributed by atoms with E-state index in [-0.39, 0.29) is 6.54 Å². The van der Waals surface area contributed by atoms with Gasteiger partial charge in [0, 0.05) is 12.6 Å². The molecule has 1 heterocycles. The number of aliphatic carboxylic acids is 1. The Balaban J connectivity index is 2.52.